The maximum Gasteiger partial charge on any atom is 0.251 e. The zero-order valence-electron chi connectivity index (χ0n) is 17.7. The van der Waals surface area contributed by atoms with Crippen molar-refractivity contribution in [1.29, 1.82) is 0 Å². The fraction of sp³-hybridized carbons (Fsp3) is 0.318. The van der Waals surface area contributed by atoms with Gasteiger partial charge in [-0.2, -0.15) is 4.31 Å². The van der Waals surface area contributed by atoms with Crippen LogP contribution in [0.15, 0.2) is 71.0 Å². The molecule has 1 heterocycles. The Balaban J connectivity index is 1.71. The first kappa shape index (κ1) is 24.1. The van der Waals surface area contributed by atoms with Gasteiger partial charge in [-0.25, -0.2) is 21.6 Å². The summed E-state index contributed by atoms with van der Waals surface area (Å²) in [6.07, 6.45) is 4.14. The van der Waals surface area contributed by atoms with Crippen LogP contribution in [0.5, 0.6) is 0 Å². The summed E-state index contributed by atoms with van der Waals surface area (Å²) >= 11 is 0. The van der Waals surface area contributed by atoms with E-state index in [2.05, 4.69) is 16.6 Å². The van der Waals surface area contributed by atoms with Gasteiger partial charge in [0.25, 0.3) is 5.91 Å². The minimum absolute atomic E-state index is 0.0308. The average molecular weight is 478 g/mol. The number of nitrogens with zero attached hydrogens (tertiary/aromatic N) is 1. The lowest BCUT2D eigenvalue weighted by molar-refractivity contribution is 0.0950. The quantitative estimate of drug-likeness (QED) is 0.538. The van der Waals surface area contributed by atoms with Gasteiger partial charge in [-0.05, 0) is 48.7 Å². The summed E-state index contributed by atoms with van der Waals surface area (Å²) in [6, 6.07) is 12.1. The van der Waals surface area contributed by atoms with Crippen LogP contribution in [0.4, 0.5) is 0 Å². The normalized spacial score (nSPS) is 15.2. The van der Waals surface area contributed by atoms with Crippen molar-refractivity contribution in [3.05, 3.63) is 72.3 Å². The summed E-state index contributed by atoms with van der Waals surface area (Å²) in [5.41, 5.74) is 0.767. The highest BCUT2D eigenvalue weighted by atomic mass is 32.2. The van der Waals surface area contributed by atoms with E-state index < -0.39 is 26.0 Å². The highest BCUT2D eigenvalue weighted by Crippen LogP contribution is 2.23. The zero-order chi connectivity index (χ0) is 23.2. The van der Waals surface area contributed by atoms with Gasteiger partial charge < -0.3 is 5.32 Å². The van der Waals surface area contributed by atoms with E-state index in [1.54, 1.807) is 24.3 Å². The lowest BCUT2D eigenvalue weighted by Gasteiger charge is -2.26. The molecular formula is C22H27N3O5S2. The molecule has 32 heavy (non-hydrogen) atoms. The van der Waals surface area contributed by atoms with Crippen LogP contribution in [-0.2, 0) is 26.6 Å². The summed E-state index contributed by atoms with van der Waals surface area (Å²) in [4.78, 5) is 12.8. The van der Waals surface area contributed by atoms with Crippen LogP contribution in [0.2, 0.25) is 0 Å². The standard InChI is InChI=1S/C22H27N3O5S2/c1-2-14-24-31(27,28)20-12-10-18(11-13-20)22(26)23-17-19-8-4-5-9-21(19)32(29,30)25-15-6-3-7-16-25/h2,4-5,8-13,24H,1,3,6-7,14-17H2,(H,23,26). The average Bonchev–Trinajstić information content (AvgIpc) is 2.82. The molecule has 0 spiro atoms. The molecular weight excluding hydrogens is 450 g/mol. The first-order valence-corrected chi connectivity index (χ1v) is 13.2. The molecule has 1 aliphatic heterocycles. The number of amides is 1. The first-order valence-electron chi connectivity index (χ1n) is 10.3. The van der Waals surface area contributed by atoms with Gasteiger partial charge in [0.1, 0.15) is 0 Å². The number of hydrogen-bond donors (Lipinski definition) is 2. The van der Waals surface area contributed by atoms with Crippen molar-refractivity contribution in [1.82, 2.24) is 14.3 Å². The third-order valence-electron chi connectivity index (χ3n) is 5.19. The van der Waals surface area contributed by atoms with Gasteiger partial charge in [0.15, 0.2) is 0 Å². The molecule has 2 aromatic carbocycles. The molecule has 10 heteroatoms. The molecule has 1 amide bonds. The summed E-state index contributed by atoms with van der Waals surface area (Å²) in [7, 11) is -7.31. The van der Waals surface area contributed by atoms with E-state index in [0.29, 0.717) is 18.7 Å². The number of nitrogens with one attached hydrogen (secondary N) is 2. The molecule has 1 fully saturated rings. The molecule has 172 valence electrons. The Bertz CT molecular complexity index is 1170. The number of sulfonamides is 2. The van der Waals surface area contributed by atoms with E-state index in [0.717, 1.165) is 19.3 Å². The Hall–Kier alpha value is -2.53. The number of carbonyl (C=O) groups is 1. The number of carbonyl (C=O) groups excluding carboxylic acids is 1. The van der Waals surface area contributed by atoms with Crippen LogP contribution in [0.3, 0.4) is 0 Å². The van der Waals surface area contributed by atoms with E-state index in [1.807, 2.05) is 0 Å². The fourth-order valence-electron chi connectivity index (χ4n) is 3.46. The predicted octanol–water partition coefficient (Wildman–Crippen LogP) is 2.26. The van der Waals surface area contributed by atoms with Crippen molar-refractivity contribution in [2.45, 2.75) is 35.6 Å². The van der Waals surface area contributed by atoms with Gasteiger partial charge in [0.2, 0.25) is 20.0 Å². The van der Waals surface area contributed by atoms with E-state index >= 15 is 0 Å². The molecule has 1 saturated heterocycles. The second-order valence-electron chi connectivity index (χ2n) is 7.42. The van der Waals surface area contributed by atoms with Gasteiger partial charge >= 0.3 is 0 Å². The predicted molar refractivity (Wildman–Crippen MR) is 122 cm³/mol. The molecule has 3 rings (SSSR count). The number of piperidine rings is 1. The summed E-state index contributed by atoms with van der Waals surface area (Å²) < 4.78 is 54.3. The van der Waals surface area contributed by atoms with Gasteiger partial charge in [-0.1, -0.05) is 30.7 Å². The summed E-state index contributed by atoms with van der Waals surface area (Å²) in [5.74, 6) is -0.432. The highest BCUT2D eigenvalue weighted by molar-refractivity contribution is 7.89. The maximum absolute atomic E-state index is 13.1. The Morgan fingerprint density at radius 1 is 0.969 bits per heavy atom. The van der Waals surface area contributed by atoms with Crippen LogP contribution in [-0.4, -0.2) is 46.7 Å². The first-order chi connectivity index (χ1) is 15.3. The van der Waals surface area contributed by atoms with Crippen molar-refractivity contribution in [3.8, 4) is 0 Å². The molecule has 0 unspecified atom stereocenters. The molecule has 0 bridgehead atoms. The molecule has 0 radical (unpaired) electrons. The minimum atomic E-state index is -3.68. The van der Waals surface area contributed by atoms with Gasteiger partial charge in [0.05, 0.1) is 9.79 Å². The van der Waals surface area contributed by atoms with Crippen LogP contribution in [0.25, 0.3) is 0 Å². The summed E-state index contributed by atoms with van der Waals surface area (Å²) in [5, 5.41) is 2.72. The monoisotopic (exact) mass is 477 g/mol. The number of hydrogen-bond acceptors (Lipinski definition) is 5. The van der Waals surface area contributed by atoms with E-state index in [1.165, 1.54) is 34.6 Å². The molecule has 0 saturated carbocycles. The van der Waals surface area contributed by atoms with E-state index in [9.17, 15) is 21.6 Å². The van der Waals surface area contributed by atoms with Gasteiger partial charge in [-0.3, -0.25) is 4.79 Å². The molecule has 0 aliphatic carbocycles. The Morgan fingerprint density at radius 3 is 2.28 bits per heavy atom. The second kappa shape index (κ2) is 10.4. The second-order valence-corrected chi connectivity index (χ2v) is 11.1. The topological polar surface area (TPSA) is 113 Å². The lowest BCUT2D eigenvalue weighted by atomic mass is 10.2. The number of benzene rings is 2. The Morgan fingerprint density at radius 2 is 1.62 bits per heavy atom. The van der Waals surface area contributed by atoms with Crippen molar-refractivity contribution in [2.75, 3.05) is 19.6 Å². The van der Waals surface area contributed by atoms with Crippen LogP contribution in [0.1, 0.15) is 35.2 Å². The summed E-state index contributed by atoms with van der Waals surface area (Å²) in [6.45, 7) is 4.60. The van der Waals surface area contributed by atoms with Crippen molar-refractivity contribution in [2.24, 2.45) is 0 Å². The molecule has 2 N–H and O–H groups in total. The molecule has 0 aromatic heterocycles. The Labute approximate surface area is 189 Å². The van der Waals surface area contributed by atoms with Crippen LogP contribution >= 0.6 is 0 Å². The van der Waals surface area contributed by atoms with Crippen molar-refractivity contribution in [3.63, 3.8) is 0 Å². The van der Waals surface area contributed by atoms with Crippen molar-refractivity contribution < 1.29 is 21.6 Å². The van der Waals surface area contributed by atoms with Crippen molar-refractivity contribution >= 4 is 26.0 Å². The third-order valence-corrected chi connectivity index (χ3v) is 8.63. The van der Waals surface area contributed by atoms with Gasteiger partial charge in [-0.15, -0.1) is 6.58 Å². The molecule has 2 aromatic rings. The molecule has 0 atom stereocenters. The van der Waals surface area contributed by atoms with Crippen LogP contribution in [0, 0.1) is 0 Å². The van der Waals surface area contributed by atoms with E-state index in [-0.39, 0.29) is 28.4 Å². The fourth-order valence-corrected chi connectivity index (χ4v) is 6.20. The molecule has 1 aliphatic rings. The van der Waals surface area contributed by atoms with Gasteiger partial charge in [0, 0.05) is 31.7 Å². The SMILES string of the molecule is C=CCNS(=O)(=O)c1ccc(C(=O)NCc2ccccc2S(=O)(=O)N2CCCCC2)cc1. The largest absolute Gasteiger partial charge is 0.348 e. The molecule has 8 nitrogen and oxygen atoms in total. The third kappa shape index (κ3) is 5.63. The lowest BCUT2D eigenvalue weighted by Crippen LogP contribution is -2.36. The minimum Gasteiger partial charge on any atom is -0.348 e. The zero-order valence-corrected chi connectivity index (χ0v) is 19.3. The highest BCUT2D eigenvalue weighted by Gasteiger charge is 2.28. The van der Waals surface area contributed by atoms with Crippen LogP contribution < -0.4 is 10.0 Å². The smallest absolute Gasteiger partial charge is 0.251 e. The van der Waals surface area contributed by atoms with E-state index in [4.69, 9.17) is 0 Å². The number of rotatable bonds is 9. The maximum atomic E-state index is 13.1. The Kier molecular flexibility index (Phi) is 7.83.